The van der Waals surface area contributed by atoms with Gasteiger partial charge in [-0.25, -0.2) is 4.98 Å². The number of aromatic nitrogens is 2. The van der Waals surface area contributed by atoms with Crippen LogP contribution in [0.1, 0.15) is 18.1 Å². The molecular formula is C14H15Cl2N3. The van der Waals surface area contributed by atoms with Crippen molar-refractivity contribution in [2.45, 2.75) is 19.3 Å². The second-order valence-corrected chi connectivity index (χ2v) is 4.81. The Morgan fingerprint density at radius 1 is 1.26 bits per heavy atom. The number of hydrogen-bond acceptors (Lipinski definition) is 3. The Morgan fingerprint density at radius 2 is 2.00 bits per heavy atom. The molecule has 0 bridgehead atoms. The average molecular weight is 296 g/mol. The van der Waals surface area contributed by atoms with Crippen LogP contribution < -0.4 is 4.90 Å². The average Bonchev–Trinajstić information content (AvgIpc) is 2.46. The van der Waals surface area contributed by atoms with Gasteiger partial charge in [-0.1, -0.05) is 11.6 Å². The van der Waals surface area contributed by atoms with E-state index in [9.17, 15) is 0 Å². The van der Waals surface area contributed by atoms with Gasteiger partial charge in [-0.15, -0.1) is 11.6 Å². The van der Waals surface area contributed by atoms with Gasteiger partial charge in [-0.3, -0.25) is 4.98 Å². The van der Waals surface area contributed by atoms with Gasteiger partial charge in [0.15, 0.2) is 0 Å². The topological polar surface area (TPSA) is 29.0 Å². The lowest BCUT2D eigenvalue weighted by Gasteiger charge is -2.22. The third kappa shape index (κ3) is 3.58. The molecule has 5 heteroatoms. The van der Waals surface area contributed by atoms with Crippen LogP contribution >= 0.6 is 23.2 Å². The van der Waals surface area contributed by atoms with Gasteiger partial charge in [0.2, 0.25) is 0 Å². The molecule has 0 aliphatic heterocycles. The fraction of sp³-hybridized carbons (Fsp3) is 0.286. The van der Waals surface area contributed by atoms with E-state index in [4.69, 9.17) is 23.2 Å². The summed E-state index contributed by atoms with van der Waals surface area (Å²) in [5, 5.41) is 0.610. The Balaban J connectivity index is 2.22. The molecule has 0 saturated heterocycles. The standard InChI is InChI=1S/C14H15Cl2N3/c1-2-19(10-11-3-5-17-6-4-11)14-7-12(8-15)13(16)9-18-14/h3-7,9H,2,8,10H2,1H3. The first-order valence-electron chi connectivity index (χ1n) is 6.08. The van der Waals surface area contributed by atoms with Gasteiger partial charge in [0.25, 0.3) is 0 Å². The zero-order valence-corrected chi connectivity index (χ0v) is 12.2. The van der Waals surface area contributed by atoms with E-state index >= 15 is 0 Å². The van der Waals surface area contributed by atoms with E-state index in [0.29, 0.717) is 10.9 Å². The molecule has 0 amide bonds. The van der Waals surface area contributed by atoms with E-state index in [1.165, 1.54) is 5.56 Å². The van der Waals surface area contributed by atoms with Crippen molar-refractivity contribution >= 4 is 29.0 Å². The minimum Gasteiger partial charge on any atom is -0.353 e. The van der Waals surface area contributed by atoms with Crippen LogP contribution in [0.5, 0.6) is 0 Å². The molecule has 0 spiro atoms. The molecule has 0 N–H and O–H groups in total. The number of halogens is 2. The van der Waals surface area contributed by atoms with Crippen molar-refractivity contribution < 1.29 is 0 Å². The van der Waals surface area contributed by atoms with Gasteiger partial charge < -0.3 is 4.90 Å². The van der Waals surface area contributed by atoms with Crippen LogP contribution in [0.3, 0.4) is 0 Å². The van der Waals surface area contributed by atoms with Crippen LogP contribution in [0, 0.1) is 0 Å². The lowest BCUT2D eigenvalue weighted by atomic mass is 10.2. The SMILES string of the molecule is CCN(Cc1ccncc1)c1cc(CCl)c(Cl)cn1. The van der Waals surface area contributed by atoms with Gasteiger partial charge in [0.1, 0.15) is 5.82 Å². The molecule has 2 aromatic rings. The molecule has 0 aliphatic carbocycles. The van der Waals surface area contributed by atoms with Crippen molar-refractivity contribution in [2.75, 3.05) is 11.4 Å². The van der Waals surface area contributed by atoms with Crippen LogP contribution in [-0.2, 0) is 12.4 Å². The second-order valence-electron chi connectivity index (χ2n) is 4.14. The van der Waals surface area contributed by atoms with E-state index in [0.717, 1.165) is 24.5 Å². The quantitative estimate of drug-likeness (QED) is 0.784. The summed E-state index contributed by atoms with van der Waals surface area (Å²) in [6.45, 7) is 3.74. The van der Waals surface area contributed by atoms with Crippen LogP contribution in [0.4, 0.5) is 5.82 Å². The van der Waals surface area contributed by atoms with Gasteiger partial charge in [-0.05, 0) is 36.2 Å². The normalized spacial score (nSPS) is 10.5. The highest BCUT2D eigenvalue weighted by atomic mass is 35.5. The van der Waals surface area contributed by atoms with Crippen molar-refractivity contribution in [1.29, 1.82) is 0 Å². The molecule has 0 atom stereocenters. The summed E-state index contributed by atoms with van der Waals surface area (Å²) in [6.07, 6.45) is 5.25. The minimum atomic E-state index is 0.390. The molecule has 0 unspecified atom stereocenters. The molecule has 2 aromatic heterocycles. The summed E-state index contributed by atoms with van der Waals surface area (Å²) < 4.78 is 0. The first kappa shape index (κ1) is 14.1. The molecular weight excluding hydrogens is 281 g/mol. The van der Waals surface area contributed by atoms with Gasteiger partial charge in [0, 0.05) is 37.6 Å². The molecule has 0 aliphatic rings. The molecule has 2 rings (SSSR count). The summed E-state index contributed by atoms with van der Waals surface area (Å²) in [5.74, 6) is 1.28. The van der Waals surface area contributed by atoms with Crippen molar-refractivity contribution in [3.05, 3.63) is 52.9 Å². The Bertz CT molecular complexity index is 531. The highest BCUT2D eigenvalue weighted by Crippen LogP contribution is 2.23. The smallest absolute Gasteiger partial charge is 0.129 e. The summed E-state index contributed by atoms with van der Waals surface area (Å²) >= 11 is 11.9. The fourth-order valence-corrected chi connectivity index (χ4v) is 2.27. The number of alkyl halides is 1. The monoisotopic (exact) mass is 295 g/mol. The second kappa shape index (κ2) is 6.73. The van der Waals surface area contributed by atoms with Crippen molar-refractivity contribution in [1.82, 2.24) is 9.97 Å². The third-order valence-electron chi connectivity index (χ3n) is 2.89. The maximum absolute atomic E-state index is 6.03. The molecule has 3 nitrogen and oxygen atoms in total. The Kier molecular flexibility index (Phi) is 5.00. The summed E-state index contributed by atoms with van der Waals surface area (Å²) in [5.41, 5.74) is 2.10. The van der Waals surface area contributed by atoms with Crippen LogP contribution in [0.2, 0.25) is 5.02 Å². The van der Waals surface area contributed by atoms with E-state index in [2.05, 4.69) is 21.8 Å². The van der Waals surface area contributed by atoms with Gasteiger partial charge in [-0.2, -0.15) is 0 Å². The van der Waals surface area contributed by atoms with Crippen LogP contribution in [0.25, 0.3) is 0 Å². The predicted octanol–water partition coefficient (Wildman–Crippen LogP) is 3.90. The highest BCUT2D eigenvalue weighted by molar-refractivity contribution is 6.32. The first-order chi connectivity index (χ1) is 9.24. The van der Waals surface area contributed by atoms with E-state index in [1.54, 1.807) is 18.6 Å². The van der Waals surface area contributed by atoms with Crippen molar-refractivity contribution in [3.63, 3.8) is 0 Å². The molecule has 0 aromatic carbocycles. The molecule has 2 heterocycles. The number of pyridine rings is 2. The largest absolute Gasteiger partial charge is 0.353 e. The summed E-state index contributed by atoms with van der Waals surface area (Å²) in [4.78, 5) is 10.6. The zero-order valence-electron chi connectivity index (χ0n) is 10.7. The van der Waals surface area contributed by atoms with Gasteiger partial charge >= 0.3 is 0 Å². The van der Waals surface area contributed by atoms with E-state index < -0.39 is 0 Å². The van der Waals surface area contributed by atoms with Gasteiger partial charge in [0.05, 0.1) is 5.02 Å². The fourth-order valence-electron chi connectivity index (χ4n) is 1.81. The molecule has 0 fully saturated rings. The number of hydrogen-bond donors (Lipinski definition) is 0. The van der Waals surface area contributed by atoms with Crippen LogP contribution in [0.15, 0.2) is 36.8 Å². The number of nitrogens with zero attached hydrogens (tertiary/aromatic N) is 3. The number of anilines is 1. The van der Waals surface area contributed by atoms with Crippen molar-refractivity contribution in [2.24, 2.45) is 0 Å². The first-order valence-corrected chi connectivity index (χ1v) is 7.00. The summed E-state index contributed by atoms with van der Waals surface area (Å²) in [7, 11) is 0. The van der Waals surface area contributed by atoms with Crippen LogP contribution in [-0.4, -0.2) is 16.5 Å². The van der Waals surface area contributed by atoms with Crippen molar-refractivity contribution in [3.8, 4) is 0 Å². The van der Waals surface area contributed by atoms with E-state index in [1.807, 2.05) is 18.2 Å². The van der Waals surface area contributed by atoms with E-state index in [-0.39, 0.29) is 0 Å². The predicted molar refractivity (Wildman–Crippen MR) is 79.8 cm³/mol. The number of rotatable bonds is 5. The molecule has 19 heavy (non-hydrogen) atoms. The molecule has 0 saturated carbocycles. The Morgan fingerprint density at radius 3 is 2.63 bits per heavy atom. The Hall–Kier alpha value is -1.32. The lowest BCUT2D eigenvalue weighted by molar-refractivity contribution is 0.811. The summed E-state index contributed by atoms with van der Waals surface area (Å²) in [6, 6.07) is 5.95. The zero-order chi connectivity index (χ0) is 13.7. The minimum absolute atomic E-state index is 0.390. The Labute approximate surface area is 123 Å². The maximum Gasteiger partial charge on any atom is 0.129 e. The maximum atomic E-state index is 6.03. The third-order valence-corrected chi connectivity index (χ3v) is 3.52. The molecule has 0 radical (unpaired) electrons. The molecule has 100 valence electrons. The highest BCUT2D eigenvalue weighted by Gasteiger charge is 2.09. The lowest BCUT2D eigenvalue weighted by Crippen LogP contribution is -2.23.